The van der Waals surface area contributed by atoms with Crippen LogP contribution in [0, 0.1) is 0 Å². The van der Waals surface area contributed by atoms with Gasteiger partial charge in [0.05, 0.1) is 4.90 Å². The summed E-state index contributed by atoms with van der Waals surface area (Å²) in [5.41, 5.74) is -0.371. The molecule has 0 bridgehead atoms. The molecule has 3 aromatic rings. The molecule has 0 saturated carbocycles. The van der Waals surface area contributed by atoms with Gasteiger partial charge in [0.25, 0.3) is 0 Å². The summed E-state index contributed by atoms with van der Waals surface area (Å²) in [5.74, 6) is -0.211. The number of benzene rings is 1. The number of alkyl halides is 3. The fourth-order valence-electron chi connectivity index (χ4n) is 2.52. The van der Waals surface area contributed by atoms with E-state index in [0.29, 0.717) is 11.1 Å². The maximum atomic E-state index is 13.3. The Labute approximate surface area is 165 Å². The summed E-state index contributed by atoms with van der Waals surface area (Å²) < 4.78 is 66.3. The molecule has 0 fully saturated rings. The minimum atomic E-state index is -4.67. The molecule has 11 heteroatoms. The van der Waals surface area contributed by atoms with Crippen molar-refractivity contribution in [2.24, 2.45) is 0 Å². The van der Waals surface area contributed by atoms with Gasteiger partial charge in [-0.3, -0.25) is 4.98 Å². The first-order chi connectivity index (χ1) is 13.7. The Kier molecular flexibility index (Phi) is 5.80. The third kappa shape index (κ3) is 4.87. The number of rotatable bonds is 6. The quantitative estimate of drug-likeness (QED) is 0.633. The van der Waals surface area contributed by atoms with Crippen molar-refractivity contribution in [1.29, 1.82) is 0 Å². The van der Waals surface area contributed by atoms with Gasteiger partial charge in [-0.15, -0.1) is 0 Å². The van der Waals surface area contributed by atoms with Crippen LogP contribution in [-0.2, 0) is 22.7 Å². The van der Waals surface area contributed by atoms with Gasteiger partial charge in [-0.25, -0.2) is 23.1 Å². The Balaban J connectivity index is 1.96. The van der Waals surface area contributed by atoms with E-state index in [1.165, 1.54) is 37.6 Å². The van der Waals surface area contributed by atoms with Crippen molar-refractivity contribution in [3.8, 4) is 11.4 Å². The summed E-state index contributed by atoms with van der Waals surface area (Å²) >= 11 is 0. The second-order valence-electron chi connectivity index (χ2n) is 5.86. The lowest BCUT2D eigenvalue weighted by atomic mass is 10.2. The van der Waals surface area contributed by atoms with Crippen molar-refractivity contribution in [3.63, 3.8) is 0 Å². The molecule has 0 saturated heterocycles. The SMILES string of the molecule is CNS(=O)(=O)c1ccccc1CNc1cc(C(F)(F)F)nc(-c2ccncc2)n1. The van der Waals surface area contributed by atoms with Crippen LogP contribution in [0.5, 0.6) is 0 Å². The number of nitrogens with zero attached hydrogens (tertiary/aromatic N) is 3. The third-order valence-electron chi connectivity index (χ3n) is 3.95. The number of hydrogen-bond donors (Lipinski definition) is 2. The van der Waals surface area contributed by atoms with Crippen LogP contribution in [0.25, 0.3) is 11.4 Å². The Bertz CT molecular complexity index is 1110. The zero-order valence-corrected chi connectivity index (χ0v) is 15.9. The Morgan fingerprint density at radius 2 is 1.72 bits per heavy atom. The van der Waals surface area contributed by atoms with E-state index in [0.717, 1.165) is 6.07 Å². The lowest BCUT2D eigenvalue weighted by molar-refractivity contribution is -0.141. The zero-order valence-electron chi connectivity index (χ0n) is 15.1. The van der Waals surface area contributed by atoms with Crippen molar-refractivity contribution in [2.75, 3.05) is 12.4 Å². The topological polar surface area (TPSA) is 96.9 Å². The van der Waals surface area contributed by atoms with Crippen molar-refractivity contribution >= 4 is 15.8 Å². The Morgan fingerprint density at radius 1 is 1.03 bits per heavy atom. The first-order valence-corrected chi connectivity index (χ1v) is 9.81. The maximum absolute atomic E-state index is 13.3. The average molecular weight is 423 g/mol. The predicted octanol–water partition coefficient (Wildman–Crippen LogP) is 3.08. The highest BCUT2D eigenvalue weighted by molar-refractivity contribution is 7.89. The lowest BCUT2D eigenvalue weighted by Crippen LogP contribution is -2.21. The van der Waals surface area contributed by atoms with Gasteiger partial charge < -0.3 is 5.32 Å². The molecule has 0 atom stereocenters. The zero-order chi connectivity index (χ0) is 21.1. The van der Waals surface area contributed by atoms with Crippen LogP contribution in [0.4, 0.5) is 19.0 Å². The molecule has 29 heavy (non-hydrogen) atoms. The number of halogens is 3. The number of nitrogens with one attached hydrogen (secondary N) is 2. The summed E-state index contributed by atoms with van der Waals surface area (Å²) in [6, 6.07) is 9.93. The van der Waals surface area contributed by atoms with E-state index in [1.54, 1.807) is 18.2 Å². The first-order valence-electron chi connectivity index (χ1n) is 8.33. The van der Waals surface area contributed by atoms with Crippen LogP contribution in [0.15, 0.2) is 59.8 Å². The van der Waals surface area contributed by atoms with Crippen molar-refractivity contribution in [3.05, 3.63) is 66.1 Å². The molecule has 2 aromatic heterocycles. The van der Waals surface area contributed by atoms with E-state index >= 15 is 0 Å². The highest BCUT2D eigenvalue weighted by Crippen LogP contribution is 2.31. The van der Waals surface area contributed by atoms with Crippen LogP contribution < -0.4 is 10.0 Å². The van der Waals surface area contributed by atoms with Crippen LogP contribution in [0.1, 0.15) is 11.3 Å². The smallest absolute Gasteiger partial charge is 0.366 e. The summed E-state index contributed by atoms with van der Waals surface area (Å²) in [7, 11) is -2.45. The molecular weight excluding hydrogens is 407 g/mol. The largest absolute Gasteiger partial charge is 0.433 e. The Morgan fingerprint density at radius 3 is 2.38 bits per heavy atom. The van der Waals surface area contributed by atoms with Crippen molar-refractivity contribution < 1.29 is 21.6 Å². The van der Waals surface area contributed by atoms with E-state index in [-0.39, 0.29) is 23.1 Å². The molecule has 7 nitrogen and oxygen atoms in total. The minimum Gasteiger partial charge on any atom is -0.366 e. The van der Waals surface area contributed by atoms with E-state index in [2.05, 4.69) is 25.0 Å². The molecule has 1 aromatic carbocycles. The molecule has 0 unspecified atom stereocenters. The van der Waals surface area contributed by atoms with Crippen molar-refractivity contribution in [2.45, 2.75) is 17.6 Å². The molecule has 0 aliphatic rings. The highest BCUT2D eigenvalue weighted by atomic mass is 32.2. The van der Waals surface area contributed by atoms with E-state index < -0.39 is 21.9 Å². The maximum Gasteiger partial charge on any atom is 0.433 e. The molecule has 2 heterocycles. The second kappa shape index (κ2) is 8.13. The molecule has 3 rings (SSSR count). The second-order valence-corrected chi connectivity index (χ2v) is 7.72. The average Bonchev–Trinajstić information content (AvgIpc) is 2.72. The number of pyridine rings is 1. The van der Waals surface area contributed by atoms with E-state index in [4.69, 9.17) is 0 Å². The van der Waals surface area contributed by atoms with E-state index in [1.807, 2.05) is 0 Å². The van der Waals surface area contributed by atoms with Gasteiger partial charge in [0.15, 0.2) is 11.5 Å². The lowest BCUT2D eigenvalue weighted by Gasteiger charge is -2.14. The number of sulfonamides is 1. The summed E-state index contributed by atoms with van der Waals surface area (Å²) in [6.45, 7) is -0.0544. The number of hydrogen-bond acceptors (Lipinski definition) is 6. The summed E-state index contributed by atoms with van der Waals surface area (Å²) in [4.78, 5) is 11.6. The van der Waals surface area contributed by atoms with Crippen LogP contribution in [-0.4, -0.2) is 30.4 Å². The van der Waals surface area contributed by atoms with Gasteiger partial charge >= 0.3 is 6.18 Å². The molecule has 0 spiro atoms. The molecule has 0 aliphatic carbocycles. The number of anilines is 1. The van der Waals surface area contributed by atoms with E-state index in [9.17, 15) is 21.6 Å². The van der Waals surface area contributed by atoms with Crippen molar-refractivity contribution in [1.82, 2.24) is 19.7 Å². The standard InChI is InChI=1S/C18H16F3N5O2S/c1-22-29(27,28)14-5-3-2-4-13(14)11-24-16-10-15(18(19,20)21)25-17(26-16)12-6-8-23-9-7-12/h2-10,22H,11H2,1H3,(H,24,25,26). The molecule has 2 N–H and O–H groups in total. The van der Waals surface area contributed by atoms with Crippen LogP contribution >= 0.6 is 0 Å². The number of aromatic nitrogens is 3. The highest BCUT2D eigenvalue weighted by Gasteiger charge is 2.34. The van der Waals surface area contributed by atoms with Gasteiger partial charge in [-0.05, 0) is 30.8 Å². The molecule has 0 radical (unpaired) electrons. The fraction of sp³-hybridized carbons (Fsp3) is 0.167. The monoisotopic (exact) mass is 423 g/mol. The van der Waals surface area contributed by atoms with Crippen LogP contribution in [0.2, 0.25) is 0 Å². The molecular formula is C18H16F3N5O2S. The molecule has 0 amide bonds. The van der Waals surface area contributed by atoms with Gasteiger partial charge in [-0.2, -0.15) is 13.2 Å². The fourth-order valence-corrected chi connectivity index (χ4v) is 3.48. The van der Waals surface area contributed by atoms with Gasteiger partial charge in [0.1, 0.15) is 5.82 Å². The molecule has 0 aliphatic heterocycles. The Hall–Kier alpha value is -3.05. The summed E-state index contributed by atoms with van der Waals surface area (Å²) in [6.07, 6.45) is -1.83. The third-order valence-corrected chi connectivity index (χ3v) is 5.46. The van der Waals surface area contributed by atoms with Gasteiger partial charge in [0.2, 0.25) is 10.0 Å². The van der Waals surface area contributed by atoms with Gasteiger partial charge in [0, 0.05) is 30.6 Å². The minimum absolute atomic E-state index is 0.0226. The normalized spacial score (nSPS) is 12.0. The predicted molar refractivity (Wildman–Crippen MR) is 100 cm³/mol. The molecule has 152 valence electrons. The van der Waals surface area contributed by atoms with Crippen LogP contribution in [0.3, 0.4) is 0 Å². The van der Waals surface area contributed by atoms with Gasteiger partial charge in [-0.1, -0.05) is 18.2 Å². The summed E-state index contributed by atoms with van der Waals surface area (Å²) in [5, 5.41) is 2.76. The first kappa shape index (κ1) is 20.7.